The number of H-pyrrole nitrogens is 1. The van der Waals surface area contributed by atoms with Crippen LogP contribution in [0.4, 0.5) is 0 Å². The molecule has 23 heavy (non-hydrogen) atoms. The molecule has 120 valence electrons. The summed E-state index contributed by atoms with van der Waals surface area (Å²) in [6, 6.07) is 6.15. The largest absolute Gasteiger partial charge is 0.349 e. The fourth-order valence-electron chi connectivity index (χ4n) is 3.53. The number of aromatic amines is 1. The maximum Gasteiger partial charge on any atom is 0.277 e. The van der Waals surface area contributed by atoms with Gasteiger partial charge in [0, 0.05) is 17.4 Å². The minimum absolute atomic E-state index is 0.0327. The summed E-state index contributed by atoms with van der Waals surface area (Å²) < 4.78 is 1.74. The van der Waals surface area contributed by atoms with Crippen LogP contribution in [-0.4, -0.2) is 39.1 Å². The fourth-order valence-corrected chi connectivity index (χ4v) is 3.53. The molecule has 3 heterocycles. The van der Waals surface area contributed by atoms with Gasteiger partial charge in [-0.3, -0.25) is 9.36 Å². The van der Waals surface area contributed by atoms with Gasteiger partial charge in [-0.15, -0.1) is 0 Å². The van der Waals surface area contributed by atoms with Crippen molar-refractivity contribution in [2.75, 3.05) is 19.6 Å². The van der Waals surface area contributed by atoms with Crippen LogP contribution >= 0.6 is 0 Å². The quantitative estimate of drug-likeness (QED) is 0.806. The molecule has 1 aliphatic heterocycles. The van der Waals surface area contributed by atoms with Crippen LogP contribution < -0.4 is 5.56 Å². The zero-order valence-corrected chi connectivity index (χ0v) is 13.5. The number of aryl methyl sites for hydroxylation is 2. The van der Waals surface area contributed by atoms with E-state index >= 15 is 0 Å². The van der Waals surface area contributed by atoms with Crippen molar-refractivity contribution >= 4 is 21.9 Å². The normalized spacial score (nSPS) is 15.9. The molecular formula is C18H22N4O. The van der Waals surface area contributed by atoms with Crippen LogP contribution in [0.1, 0.15) is 24.8 Å². The monoisotopic (exact) mass is 310 g/mol. The molecule has 0 atom stereocenters. The maximum atomic E-state index is 12.7. The molecule has 0 radical (unpaired) electrons. The van der Waals surface area contributed by atoms with Crippen LogP contribution in [0.25, 0.3) is 21.9 Å². The first kappa shape index (κ1) is 14.5. The highest BCUT2D eigenvalue weighted by Crippen LogP contribution is 2.22. The van der Waals surface area contributed by atoms with Crippen molar-refractivity contribution in [3.63, 3.8) is 0 Å². The van der Waals surface area contributed by atoms with Gasteiger partial charge in [0.2, 0.25) is 0 Å². The van der Waals surface area contributed by atoms with Crippen molar-refractivity contribution in [3.8, 4) is 0 Å². The van der Waals surface area contributed by atoms with Gasteiger partial charge in [0.25, 0.3) is 5.56 Å². The minimum atomic E-state index is 0.0327. The Balaban J connectivity index is 1.62. The predicted molar refractivity (Wildman–Crippen MR) is 92.9 cm³/mol. The van der Waals surface area contributed by atoms with Gasteiger partial charge in [-0.2, -0.15) is 0 Å². The van der Waals surface area contributed by atoms with Gasteiger partial charge in [0.1, 0.15) is 11.0 Å². The van der Waals surface area contributed by atoms with E-state index in [0.29, 0.717) is 5.52 Å². The molecule has 2 aromatic heterocycles. The van der Waals surface area contributed by atoms with Crippen molar-refractivity contribution in [1.82, 2.24) is 19.4 Å². The molecule has 3 aromatic rings. The first-order valence-electron chi connectivity index (χ1n) is 8.42. The second kappa shape index (κ2) is 5.81. The third-order valence-electron chi connectivity index (χ3n) is 4.80. The van der Waals surface area contributed by atoms with Gasteiger partial charge < -0.3 is 9.88 Å². The number of benzene rings is 1. The molecule has 4 rings (SSSR count). The van der Waals surface area contributed by atoms with E-state index in [9.17, 15) is 4.79 Å². The number of nitrogens with one attached hydrogen (secondary N) is 1. The number of likely N-dealkylation sites (tertiary alicyclic amines) is 1. The van der Waals surface area contributed by atoms with Crippen molar-refractivity contribution in [3.05, 3.63) is 40.4 Å². The summed E-state index contributed by atoms with van der Waals surface area (Å²) in [6.07, 6.45) is 5.31. The Hall–Kier alpha value is -2.14. The van der Waals surface area contributed by atoms with E-state index in [1.165, 1.54) is 31.5 Å². The van der Waals surface area contributed by atoms with E-state index in [0.717, 1.165) is 35.9 Å². The maximum absolute atomic E-state index is 12.7. The van der Waals surface area contributed by atoms with E-state index < -0.39 is 0 Å². The summed E-state index contributed by atoms with van der Waals surface area (Å²) in [7, 11) is 0. The molecule has 5 heteroatoms. The number of aromatic nitrogens is 3. The van der Waals surface area contributed by atoms with Crippen molar-refractivity contribution in [1.29, 1.82) is 0 Å². The van der Waals surface area contributed by atoms with E-state index in [4.69, 9.17) is 0 Å². The molecule has 0 saturated carbocycles. The zero-order chi connectivity index (χ0) is 15.8. The van der Waals surface area contributed by atoms with Crippen LogP contribution in [-0.2, 0) is 6.54 Å². The minimum Gasteiger partial charge on any atom is -0.349 e. The van der Waals surface area contributed by atoms with Crippen LogP contribution in [0.3, 0.4) is 0 Å². The lowest BCUT2D eigenvalue weighted by Crippen LogP contribution is -2.25. The molecule has 0 bridgehead atoms. The molecular weight excluding hydrogens is 288 g/mol. The third kappa shape index (κ3) is 2.65. The highest BCUT2D eigenvalue weighted by Gasteiger charge is 2.13. The summed E-state index contributed by atoms with van der Waals surface area (Å²) in [5, 5.41) is 1.03. The molecule has 1 aliphatic rings. The van der Waals surface area contributed by atoms with Crippen molar-refractivity contribution < 1.29 is 0 Å². The lowest BCUT2D eigenvalue weighted by atomic mass is 10.2. The van der Waals surface area contributed by atoms with Gasteiger partial charge in [-0.25, -0.2) is 4.98 Å². The van der Waals surface area contributed by atoms with Gasteiger partial charge >= 0.3 is 0 Å². The first-order valence-corrected chi connectivity index (χ1v) is 8.42. The smallest absolute Gasteiger partial charge is 0.277 e. The Bertz CT molecular complexity index is 902. The van der Waals surface area contributed by atoms with Gasteiger partial charge in [0.15, 0.2) is 0 Å². The summed E-state index contributed by atoms with van der Waals surface area (Å²) >= 11 is 0. The second-order valence-corrected chi connectivity index (χ2v) is 6.54. The third-order valence-corrected chi connectivity index (χ3v) is 4.80. The molecule has 1 N–H and O–H groups in total. The standard InChI is InChI=1S/C18H22N4O/c1-13-5-6-15-14(11-13)16-17(20-15)18(23)22(12-19-16)10-4-9-21-7-2-3-8-21/h5-6,11-12,20H,2-4,7-10H2,1H3. The summed E-state index contributed by atoms with van der Waals surface area (Å²) in [5.74, 6) is 0. The molecule has 0 aliphatic carbocycles. The molecule has 0 amide bonds. The fraction of sp³-hybridized carbons (Fsp3) is 0.444. The Kier molecular flexibility index (Phi) is 3.65. The number of nitrogens with zero attached hydrogens (tertiary/aromatic N) is 3. The Morgan fingerprint density at radius 1 is 1.22 bits per heavy atom. The Morgan fingerprint density at radius 3 is 2.87 bits per heavy atom. The van der Waals surface area contributed by atoms with Crippen molar-refractivity contribution in [2.24, 2.45) is 0 Å². The second-order valence-electron chi connectivity index (χ2n) is 6.54. The molecule has 0 unspecified atom stereocenters. The molecule has 5 nitrogen and oxygen atoms in total. The topological polar surface area (TPSA) is 53.9 Å². The molecule has 1 fully saturated rings. The van der Waals surface area contributed by atoms with E-state index in [1.807, 2.05) is 12.1 Å². The summed E-state index contributed by atoms with van der Waals surface area (Å²) in [5.41, 5.74) is 3.59. The van der Waals surface area contributed by atoms with E-state index in [-0.39, 0.29) is 5.56 Å². The highest BCUT2D eigenvalue weighted by atomic mass is 16.1. The van der Waals surface area contributed by atoms with Crippen LogP contribution in [0, 0.1) is 6.92 Å². The number of rotatable bonds is 4. The van der Waals surface area contributed by atoms with Crippen LogP contribution in [0.5, 0.6) is 0 Å². The average Bonchev–Trinajstić information content (AvgIpc) is 3.17. The van der Waals surface area contributed by atoms with E-state index in [2.05, 4.69) is 27.9 Å². The van der Waals surface area contributed by atoms with E-state index in [1.54, 1.807) is 10.9 Å². The Morgan fingerprint density at radius 2 is 2.04 bits per heavy atom. The highest BCUT2D eigenvalue weighted by molar-refractivity contribution is 6.04. The SMILES string of the molecule is Cc1ccc2[nH]c3c(=O)n(CCCN4CCCC4)cnc3c2c1. The van der Waals surface area contributed by atoms with Gasteiger partial charge in [0.05, 0.1) is 6.33 Å². The van der Waals surface area contributed by atoms with Crippen LogP contribution in [0.15, 0.2) is 29.3 Å². The summed E-state index contributed by atoms with van der Waals surface area (Å²) in [6.45, 7) is 6.25. The van der Waals surface area contributed by atoms with Crippen molar-refractivity contribution in [2.45, 2.75) is 32.7 Å². The number of hydrogen-bond acceptors (Lipinski definition) is 3. The summed E-state index contributed by atoms with van der Waals surface area (Å²) in [4.78, 5) is 22.9. The Labute approximate surface area is 134 Å². The first-order chi connectivity index (χ1) is 11.2. The number of fused-ring (bicyclic) bond motifs is 3. The average molecular weight is 310 g/mol. The van der Waals surface area contributed by atoms with Crippen LogP contribution in [0.2, 0.25) is 0 Å². The molecule has 1 aromatic carbocycles. The van der Waals surface area contributed by atoms with Gasteiger partial charge in [-0.1, -0.05) is 11.6 Å². The van der Waals surface area contributed by atoms with Gasteiger partial charge in [-0.05, 0) is 58.0 Å². The number of hydrogen-bond donors (Lipinski definition) is 1. The zero-order valence-electron chi connectivity index (χ0n) is 13.5. The predicted octanol–water partition coefficient (Wildman–Crippen LogP) is 2.67. The molecule has 0 spiro atoms. The molecule has 1 saturated heterocycles. The lowest BCUT2D eigenvalue weighted by molar-refractivity contribution is 0.324. The lowest BCUT2D eigenvalue weighted by Gasteiger charge is -2.14.